The summed E-state index contributed by atoms with van der Waals surface area (Å²) in [6.07, 6.45) is 1.06. The minimum absolute atomic E-state index is 0.0151. The molecule has 0 saturated heterocycles. The number of hydrogen-bond donors (Lipinski definition) is 3. The van der Waals surface area contributed by atoms with Gasteiger partial charge in [-0.25, -0.2) is 4.98 Å². The molecule has 1 amide bonds. The standard InChI is InChI=1S/C25H32N4O2/c1-5-29(15-23-27-22-9-7-6-8-21(22)25(31)28-23)16-24(30)26-18(4)20-12-10-19(11-13-20)14-17(2)3/h6-13,17-18H,5,14-16H2,1-4H3,(H,26,30)(H,27,28,31)/p+1/t18-/m1/s1. The number of aromatic nitrogens is 2. The van der Waals surface area contributed by atoms with Crippen LogP contribution in [0.2, 0.25) is 0 Å². The molecule has 0 fully saturated rings. The van der Waals surface area contributed by atoms with Crippen LogP contribution in [0.3, 0.4) is 0 Å². The van der Waals surface area contributed by atoms with Crippen LogP contribution in [0.15, 0.2) is 53.3 Å². The number of rotatable bonds is 9. The van der Waals surface area contributed by atoms with Crippen molar-refractivity contribution in [2.24, 2.45) is 5.92 Å². The molecular formula is C25H33N4O2+. The van der Waals surface area contributed by atoms with E-state index in [9.17, 15) is 9.59 Å². The number of likely N-dealkylation sites (N-methyl/N-ethyl adjacent to an activating group) is 1. The molecule has 1 aromatic heterocycles. The minimum Gasteiger partial charge on any atom is -0.345 e. The SMILES string of the molecule is CC[NH+](CC(=O)N[C@H](C)c1ccc(CC(C)C)cc1)Cc1nc2ccccc2c(=O)[nH]1. The first-order valence-corrected chi connectivity index (χ1v) is 11.1. The number of carbonyl (C=O) groups excluding carboxylic acids is 1. The first-order valence-electron chi connectivity index (χ1n) is 11.1. The third-order valence-corrected chi connectivity index (χ3v) is 5.49. The molecular weight excluding hydrogens is 388 g/mol. The fourth-order valence-corrected chi connectivity index (χ4v) is 3.78. The molecule has 0 radical (unpaired) electrons. The molecule has 164 valence electrons. The van der Waals surface area contributed by atoms with Crippen molar-refractivity contribution in [1.82, 2.24) is 15.3 Å². The van der Waals surface area contributed by atoms with Crippen molar-refractivity contribution in [2.75, 3.05) is 13.1 Å². The molecule has 0 aliphatic rings. The van der Waals surface area contributed by atoms with Gasteiger partial charge >= 0.3 is 0 Å². The number of quaternary nitrogens is 1. The molecule has 1 heterocycles. The Kier molecular flexibility index (Phi) is 7.58. The maximum absolute atomic E-state index is 12.7. The van der Waals surface area contributed by atoms with Crippen LogP contribution in [0.25, 0.3) is 10.9 Å². The van der Waals surface area contributed by atoms with E-state index in [0.29, 0.717) is 35.7 Å². The van der Waals surface area contributed by atoms with Gasteiger partial charge < -0.3 is 15.2 Å². The summed E-state index contributed by atoms with van der Waals surface area (Å²) in [4.78, 5) is 33.4. The Balaban J connectivity index is 1.60. The topological polar surface area (TPSA) is 79.3 Å². The quantitative estimate of drug-likeness (QED) is 0.496. The van der Waals surface area contributed by atoms with Gasteiger partial charge in [-0.15, -0.1) is 0 Å². The largest absolute Gasteiger partial charge is 0.345 e. The van der Waals surface area contributed by atoms with Crippen LogP contribution >= 0.6 is 0 Å². The van der Waals surface area contributed by atoms with Crippen LogP contribution in [0.4, 0.5) is 0 Å². The van der Waals surface area contributed by atoms with E-state index in [0.717, 1.165) is 23.4 Å². The Morgan fingerprint density at radius 2 is 1.81 bits per heavy atom. The fraction of sp³-hybridized carbons (Fsp3) is 0.400. The Bertz CT molecular complexity index is 1070. The zero-order valence-corrected chi connectivity index (χ0v) is 18.9. The molecule has 6 nitrogen and oxygen atoms in total. The summed E-state index contributed by atoms with van der Waals surface area (Å²) in [5.74, 6) is 1.21. The average molecular weight is 422 g/mol. The number of aromatic amines is 1. The number of para-hydroxylation sites is 1. The van der Waals surface area contributed by atoms with Gasteiger partial charge in [0.25, 0.3) is 11.5 Å². The lowest BCUT2D eigenvalue weighted by Gasteiger charge is -2.19. The second kappa shape index (κ2) is 10.4. The van der Waals surface area contributed by atoms with Crippen molar-refractivity contribution < 1.29 is 9.69 Å². The van der Waals surface area contributed by atoms with Crippen LogP contribution in [0, 0.1) is 5.92 Å². The third-order valence-electron chi connectivity index (χ3n) is 5.49. The third kappa shape index (κ3) is 6.25. The van der Waals surface area contributed by atoms with E-state index in [-0.39, 0.29) is 17.5 Å². The molecule has 1 unspecified atom stereocenters. The molecule has 6 heteroatoms. The molecule has 0 aliphatic carbocycles. The van der Waals surface area contributed by atoms with Gasteiger partial charge in [0.05, 0.1) is 23.5 Å². The smallest absolute Gasteiger partial charge is 0.275 e. The van der Waals surface area contributed by atoms with E-state index in [4.69, 9.17) is 0 Å². The molecule has 3 N–H and O–H groups in total. The van der Waals surface area contributed by atoms with Crippen molar-refractivity contribution in [1.29, 1.82) is 0 Å². The Morgan fingerprint density at radius 3 is 2.48 bits per heavy atom. The Hall–Kier alpha value is -2.99. The maximum Gasteiger partial charge on any atom is 0.275 e. The highest BCUT2D eigenvalue weighted by molar-refractivity contribution is 5.77. The highest BCUT2D eigenvalue weighted by atomic mass is 16.2. The fourth-order valence-electron chi connectivity index (χ4n) is 3.78. The molecule has 2 atom stereocenters. The van der Waals surface area contributed by atoms with Gasteiger partial charge in [0.1, 0.15) is 6.54 Å². The zero-order valence-electron chi connectivity index (χ0n) is 18.9. The second-order valence-electron chi connectivity index (χ2n) is 8.62. The van der Waals surface area contributed by atoms with Crippen LogP contribution in [-0.4, -0.2) is 29.0 Å². The molecule has 3 aromatic rings. The minimum atomic E-state index is -0.143. The number of benzene rings is 2. The highest BCUT2D eigenvalue weighted by Gasteiger charge is 2.17. The van der Waals surface area contributed by atoms with Gasteiger partial charge in [0.15, 0.2) is 12.4 Å². The maximum atomic E-state index is 12.7. The lowest BCUT2D eigenvalue weighted by molar-refractivity contribution is -0.904. The molecule has 2 aromatic carbocycles. The Labute approximate surface area is 183 Å². The Morgan fingerprint density at radius 1 is 1.10 bits per heavy atom. The van der Waals surface area contributed by atoms with Gasteiger partial charge in [0, 0.05) is 0 Å². The van der Waals surface area contributed by atoms with Crippen molar-refractivity contribution in [3.63, 3.8) is 0 Å². The van der Waals surface area contributed by atoms with Gasteiger partial charge in [-0.1, -0.05) is 50.2 Å². The molecule has 0 bridgehead atoms. The van der Waals surface area contributed by atoms with Crippen molar-refractivity contribution in [3.05, 3.63) is 75.8 Å². The number of carbonyl (C=O) groups is 1. The van der Waals surface area contributed by atoms with E-state index in [1.165, 1.54) is 5.56 Å². The van der Waals surface area contributed by atoms with Crippen LogP contribution < -0.4 is 15.8 Å². The molecule has 31 heavy (non-hydrogen) atoms. The number of nitrogens with one attached hydrogen (secondary N) is 3. The first-order chi connectivity index (χ1) is 14.9. The van der Waals surface area contributed by atoms with Crippen LogP contribution in [-0.2, 0) is 17.8 Å². The molecule has 0 spiro atoms. The predicted octanol–water partition coefficient (Wildman–Crippen LogP) is 2.40. The summed E-state index contributed by atoms with van der Waals surface area (Å²) in [5.41, 5.74) is 2.95. The highest BCUT2D eigenvalue weighted by Crippen LogP contribution is 2.15. The number of nitrogens with zero attached hydrogens (tertiary/aromatic N) is 1. The normalized spacial score (nSPS) is 13.3. The van der Waals surface area contributed by atoms with E-state index in [1.54, 1.807) is 6.07 Å². The predicted molar refractivity (Wildman–Crippen MR) is 124 cm³/mol. The summed E-state index contributed by atoms with van der Waals surface area (Å²) in [5, 5.41) is 3.67. The average Bonchev–Trinajstić information content (AvgIpc) is 2.73. The molecule has 0 saturated carbocycles. The molecule has 3 rings (SSSR count). The summed E-state index contributed by atoms with van der Waals surface area (Å²) in [6, 6.07) is 15.7. The number of amides is 1. The second-order valence-corrected chi connectivity index (χ2v) is 8.62. The molecule has 0 aliphatic heterocycles. The van der Waals surface area contributed by atoms with E-state index in [1.807, 2.05) is 32.0 Å². The van der Waals surface area contributed by atoms with Crippen molar-refractivity contribution in [3.8, 4) is 0 Å². The van der Waals surface area contributed by atoms with E-state index in [2.05, 4.69) is 53.4 Å². The summed E-state index contributed by atoms with van der Waals surface area (Å²) >= 11 is 0. The van der Waals surface area contributed by atoms with Crippen LogP contribution in [0.1, 0.15) is 50.7 Å². The van der Waals surface area contributed by atoms with Crippen molar-refractivity contribution >= 4 is 16.8 Å². The van der Waals surface area contributed by atoms with E-state index >= 15 is 0 Å². The zero-order chi connectivity index (χ0) is 22.4. The number of fused-ring (bicyclic) bond motifs is 1. The van der Waals surface area contributed by atoms with Gasteiger partial charge in [-0.3, -0.25) is 9.59 Å². The summed E-state index contributed by atoms with van der Waals surface area (Å²) in [6.45, 7) is 10.0. The summed E-state index contributed by atoms with van der Waals surface area (Å²) in [7, 11) is 0. The van der Waals surface area contributed by atoms with E-state index < -0.39 is 0 Å². The first kappa shape index (κ1) is 22.7. The van der Waals surface area contributed by atoms with Gasteiger partial charge in [-0.05, 0) is 49.4 Å². The monoisotopic (exact) mass is 421 g/mol. The lowest BCUT2D eigenvalue weighted by atomic mass is 10.00. The van der Waals surface area contributed by atoms with Crippen molar-refractivity contribution in [2.45, 2.75) is 46.7 Å². The van der Waals surface area contributed by atoms with Gasteiger partial charge in [-0.2, -0.15) is 0 Å². The number of hydrogen-bond acceptors (Lipinski definition) is 3. The lowest BCUT2D eigenvalue weighted by Crippen LogP contribution is -3.11. The summed E-state index contributed by atoms with van der Waals surface area (Å²) < 4.78 is 0. The van der Waals surface area contributed by atoms with Gasteiger partial charge in [0.2, 0.25) is 0 Å². The van der Waals surface area contributed by atoms with Crippen LogP contribution in [0.5, 0.6) is 0 Å². The number of H-pyrrole nitrogens is 1.